The topological polar surface area (TPSA) is 9.23 Å². The predicted octanol–water partition coefficient (Wildman–Crippen LogP) is 5.79. The molecule has 3 atom stereocenters. The maximum Gasteiger partial charge on any atom is 0.0469 e. The molecule has 0 bridgehead atoms. The Labute approximate surface area is 138 Å². The molecule has 1 aromatic rings. The van der Waals surface area contributed by atoms with Crippen LogP contribution in [0.1, 0.15) is 57.4 Å². The van der Waals surface area contributed by atoms with E-state index in [2.05, 4.69) is 60.1 Å². The minimum atomic E-state index is 0.672. The number of alkyl halides is 1. The van der Waals surface area contributed by atoms with Crippen molar-refractivity contribution in [2.45, 2.75) is 56.7 Å². The lowest BCUT2D eigenvalue weighted by Crippen LogP contribution is -2.25. The van der Waals surface area contributed by atoms with Crippen LogP contribution in [-0.4, -0.2) is 18.0 Å². The van der Waals surface area contributed by atoms with E-state index in [0.29, 0.717) is 4.83 Å². The highest BCUT2D eigenvalue weighted by Gasteiger charge is 2.29. The summed E-state index contributed by atoms with van der Waals surface area (Å²) in [6.45, 7) is 6.34. The van der Waals surface area contributed by atoms with Gasteiger partial charge in [-0.05, 0) is 55.4 Å². The Hall–Kier alpha value is -0.340. The van der Waals surface area contributed by atoms with Gasteiger partial charge < -0.3 is 4.74 Å². The Morgan fingerprint density at radius 1 is 1.14 bits per heavy atom. The second kappa shape index (κ2) is 8.95. The SMILES string of the molecule is CC(C)CCOCCC1CC(c2ccccc2)CCC1Br. The van der Waals surface area contributed by atoms with Gasteiger partial charge in [-0.1, -0.05) is 60.1 Å². The Balaban J connectivity index is 1.76. The summed E-state index contributed by atoms with van der Waals surface area (Å²) in [7, 11) is 0. The lowest BCUT2D eigenvalue weighted by molar-refractivity contribution is 0.105. The van der Waals surface area contributed by atoms with Gasteiger partial charge in [0.05, 0.1) is 0 Å². The van der Waals surface area contributed by atoms with Crippen molar-refractivity contribution in [2.24, 2.45) is 11.8 Å². The summed E-state index contributed by atoms with van der Waals surface area (Å²) in [5, 5.41) is 0. The highest BCUT2D eigenvalue weighted by Crippen LogP contribution is 2.40. The predicted molar refractivity (Wildman–Crippen MR) is 94.1 cm³/mol. The fraction of sp³-hybridized carbons (Fsp3) is 0.684. The minimum Gasteiger partial charge on any atom is -0.381 e. The molecule has 2 rings (SSSR count). The fourth-order valence-electron chi connectivity index (χ4n) is 3.21. The van der Waals surface area contributed by atoms with Gasteiger partial charge in [-0.3, -0.25) is 0 Å². The number of rotatable bonds is 7. The summed E-state index contributed by atoms with van der Waals surface area (Å²) in [5.41, 5.74) is 1.52. The van der Waals surface area contributed by atoms with Crippen molar-refractivity contribution in [1.29, 1.82) is 0 Å². The van der Waals surface area contributed by atoms with Crippen molar-refractivity contribution in [3.05, 3.63) is 35.9 Å². The number of hydrogen-bond donors (Lipinski definition) is 0. The maximum absolute atomic E-state index is 5.82. The molecule has 0 spiro atoms. The lowest BCUT2D eigenvalue weighted by Gasteiger charge is -2.33. The van der Waals surface area contributed by atoms with Gasteiger partial charge in [-0.25, -0.2) is 0 Å². The van der Waals surface area contributed by atoms with Gasteiger partial charge in [0.25, 0.3) is 0 Å². The molecule has 1 aromatic carbocycles. The molecule has 0 saturated heterocycles. The molecule has 1 fully saturated rings. The van der Waals surface area contributed by atoms with Crippen LogP contribution >= 0.6 is 15.9 Å². The molecule has 1 saturated carbocycles. The molecule has 0 amide bonds. The third-order valence-electron chi connectivity index (χ3n) is 4.63. The molecule has 0 heterocycles. The third-order valence-corrected chi connectivity index (χ3v) is 5.84. The van der Waals surface area contributed by atoms with Crippen LogP contribution in [-0.2, 0) is 4.74 Å². The van der Waals surface area contributed by atoms with Gasteiger partial charge in [0.1, 0.15) is 0 Å². The standard InChI is InChI=1S/C19H29BrO/c1-15(2)10-12-21-13-11-18-14-17(8-9-19(18)20)16-6-4-3-5-7-16/h3-7,15,17-19H,8-14H2,1-2H3. The zero-order valence-electron chi connectivity index (χ0n) is 13.4. The van der Waals surface area contributed by atoms with Gasteiger partial charge in [-0.2, -0.15) is 0 Å². The van der Waals surface area contributed by atoms with Crippen LogP contribution in [0.2, 0.25) is 0 Å². The molecule has 0 aromatic heterocycles. The zero-order chi connectivity index (χ0) is 15.1. The number of ether oxygens (including phenoxy) is 1. The maximum atomic E-state index is 5.82. The molecule has 2 heteroatoms. The molecular weight excluding hydrogens is 324 g/mol. The quantitative estimate of drug-likeness (QED) is 0.445. The molecule has 0 N–H and O–H groups in total. The van der Waals surface area contributed by atoms with E-state index in [1.54, 1.807) is 0 Å². The summed E-state index contributed by atoms with van der Waals surface area (Å²) >= 11 is 3.89. The molecule has 0 radical (unpaired) electrons. The van der Waals surface area contributed by atoms with Gasteiger partial charge in [0, 0.05) is 18.0 Å². The Morgan fingerprint density at radius 3 is 2.62 bits per heavy atom. The molecule has 21 heavy (non-hydrogen) atoms. The first-order valence-corrected chi connectivity index (χ1v) is 9.35. The summed E-state index contributed by atoms with van der Waals surface area (Å²) in [4.78, 5) is 0.672. The minimum absolute atomic E-state index is 0.672. The monoisotopic (exact) mass is 352 g/mol. The summed E-state index contributed by atoms with van der Waals surface area (Å²) in [6.07, 6.45) is 6.26. The molecule has 1 aliphatic rings. The van der Waals surface area contributed by atoms with Gasteiger partial charge >= 0.3 is 0 Å². The van der Waals surface area contributed by atoms with Crippen LogP contribution in [0.15, 0.2) is 30.3 Å². The van der Waals surface area contributed by atoms with E-state index in [9.17, 15) is 0 Å². The van der Waals surface area contributed by atoms with E-state index in [-0.39, 0.29) is 0 Å². The van der Waals surface area contributed by atoms with Crippen LogP contribution in [0.5, 0.6) is 0 Å². The fourth-order valence-corrected chi connectivity index (χ4v) is 3.95. The molecular formula is C19H29BrO. The Bertz CT molecular complexity index is 390. The second-order valence-electron chi connectivity index (χ2n) is 6.78. The van der Waals surface area contributed by atoms with Crippen LogP contribution in [0.4, 0.5) is 0 Å². The van der Waals surface area contributed by atoms with Crippen molar-refractivity contribution >= 4 is 15.9 Å². The average molecular weight is 353 g/mol. The van der Waals surface area contributed by atoms with Crippen molar-refractivity contribution in [3.63, 3.8) is 0 Å². The average Bonchev–Trinajstić information content (AvgIpc) is 2.49. The van der Waals surface area contributed by atoms with Crippen LogP contribution in [0.3, 0.4) is 0 Å². The van der Waals surface area contributed by atoms with Crippen molar-refractivity contribution < 1.29 is 4.74 Å². The number of halogens is 1. The third kappa shape index (κ3) is 5.75. The Kier molecular flexibility index (Phi) is 7.25. The number of hydrogen-bond acceptors (Lipinski definition) is 1. The first-order valence-electron chi connectivity index (χ1n) is 8.43. The normalized spacial score (nSPS) is 26.2. The van der Waals surface area contributed by atoms with Crippen molar-refractivity contribution in [3.8, 4) is 0 Å². The molecule has 3 unspecified atom stereocenters. The lowest BCUT2D eigenvalue weighted by atomic mass is 9.77. The zero-order valence-corrected chi connectivity index (χ0v) is 15.0. The van der Waals surface area contributed by atoms with Crippen LogP contribution < -0.4 is 0 Å². The first-order chi connectivity index (χ1) is 10.2. The first kappa shape index (κ1) is 17.0. The highest BCUT2D eigenvalue weighted by atomic mass is 79.9. The largest absolute Gasteiger partial charge is 0.381 e. The molecule has 1 nitrogen and oxygen atoms in total. The second-order valence-corrected chi connectivity index (χ2v) is 7.96. The van der Waals surface area contributed by atoms with Crippen molar-refractivity contribution in [2.75, 3.05) is 13.2 Å². The van der Waals surface area contributed by atoms with Gasteiger partial charge in [-0.15, -0.1) is 0 Å². The van der Waals surface area contributed by atoms with E-state index >= 15 is 0 Å². The van der Waals surface area contributed by atoms with Crippen molar-refractivity contribution in [1.82, 2.24) is 0 Å². The van der Waals surface area contributed by atoms with Crippen LogP contribution in [0, 0.1) is 11.8 Å². The smallest absolute Gasteiger partial charge is 0.0469 e. The summed E-state index contributed by atoms with van der Waals surface area (Å²) in [6, 6.07) is 11.0. The van der Waals surface area contributed by atoms with E-state index in [4.69, 9.17) is 4.74 Å². The van der Waals surface area contributed by atoms with E-state index in [1.807, 2.05) is 0 Å². The van der Waals surface area contributed by atoms with E-state index < -0.39 is 0 Å². The number of benzene rings is 1. The summed E-state index contributed by atoms with van der Waals surface area (Å²) in [5.74, 6) is 2.23. The van der Waals surface area contributed by atoms with Gasteiger partial charge in [0.2, 0.25) is 0 Å². The molecule has 118 valence electrons. The van der Waals surface area contributed by atoms with E-state index in [1.165, 1.54) is 37.7 Å². The molecule has 0 aliphatic heterocycles. The Morgan fingerprint density at radius 2 is 1.90 bits per heavy atom. The summed E-state index contributed by atoms with van der Waals surface area (Å²) < 4.78 is 5.82. The molecule has 1 aliphatic carbocycles. The van der Waals surface area contributed by atoms with Gasteiger partial charge in [0.15, 0.2) is 0 Å². The van der Waals surface area contributed by atoms with Crippen LogP contribution in [0.25, 0.3) is 0 Å². The highest BCUT2D eigenvalue weighted by molar-refractivity contribution is 9.09. The van der Waals surface area contributed by atoms with E-state index in [0.717, 1.165) is 31.0 Å².